The minimum absolute atomic E-state index is 0.0129. The Labute approximate surface area is 163 Å². The van der Waals surface area contributed by atoms with Crippen molar-refractivity contribution in [2.24, 2.45) is 0 Å². The number of nitrogens with one attached hydrogen (secondary N) is 2. The van der Waals surface area contributed by atoms with Crippen LogP contribution in [0.5, 0.6) is 5.75 Å². The first-order valence-electron chi connectivity index (χ1n) is 8.77. The minimum atomic E-state index is -0.430. The second kappa shape index (κ2) is 8.69. The molecule has 0 radical (unpaired) electrons. The smallest absolute Gasteiger partial charge is 0.262 e. The predicted molar refractivity (Wildman–Crippen MR) is 107 cm³/mol. The molecule has 0 bridgehead atoms. The van der Waals surface area contributed by atoms with Gasteiger partial charge in [0.2, 0.25) is 0 Å². The third-order valence-electron chi connectivity index (χ3n) is 4.36. The molecule has 3 aromatic rings. The molecule has 0 fully saturated rings. The summed E-state index contributed by atoms with van der Waals surface area (Å²) in [4.78, 5) is 12.6. The topological polar surface area (TPSA) is 90.8 Å². The van der Waals surface area contributed by atoms with Crippen LogP contribution in [0.4, 0.5) is 0 Å². The highest BCUT2D eigenvalue weighted by atomic mass is 16.5. The summed E-state index contributed by atoms with van der Waals surface area (Å²) in [5.41, 5.74) is 3.23. The lowest BCUT2D eigenvalue weighted by molar-refractivity contribution is -0.117. The molecule has 28 heavy (non-hydrogen) atoms. The molecule has 0 saturated carbocycles. The zero-order chi connectivity index (χ0) is 19.9. The van der Waals surface area contributed by atoms with Gasteiger partial charge in [-0.2, -0.15) is 10.4 Å². The van der Waals surface area contributed by atoms with E-state index >= 15 is 0 Å². The Balaban J connectivity index is 1.82. The van der Waals surface area contributed by atoms with Crippen molar-refractivity contribution >= 4 is 12.0 Å². The highest BCUT2D eigenvalue weighted by molar-refractivity contribution is 6.02. The number of nitrogens with zero attached hydrogens (tertiary/aromatic N) is 2. The molecule has 1 amide bonds. The highest BCUT2D eigenvalue weighted by Crippen LogP contribution is 2.25. The number of ether oxygens (including phenoxy) is 1. The van der Waals surface area contributed by atoms with E-state index in [4.69, 9.17) is 4.74 Å². The van der Waals surface area contributed by atoms with Crippen molar-refractivity contribution in [1.82, 2.24) is 15.5 Å². The predicted octanol–water partition coefficient (Wildman–Crippen LogP) is 3.87. The lowest BCUT2D eigenvalue weighted by atomic mass is 10.0. The number of hydrogen-bond acceptors (Lipinski definition) is 4. The summed E-state index contributed by atoms with van der Waals surface area (Å²) in [6, 6.07) is 18.8. The fourth-order valence-corrected chi connectivity index (χ4v) is 2.80. The Bertz CT molecular complexity index is 1010. The van der Waals surface area contributed by atoms with E-state index in [0.29, 0.717) is 5.56 Å². The zero-order valence-corrected chi connectivity index (χ0v) is 15.6. The molecule has 1 atom stereocenters. The number of rotatable bonds is 6. The number of benzene rings is 2. The van der Waals surface area contributed by atoms with E-state index < -0.39 is 5.91 Å². The Morgan fingerprint density at radius 1 is 1.21 bits per heavy atom. The number of aromatic amines is 1. The van der Waals surface area contributed by atoms with Gasteiger partial charge in [-0.25, -0.2) is 0 Å². The largest absolute Gasteiger partial charge is 0.497 e. The summed E-state index contributed by atoms with van der Waals surface area (Å²) in [6.07, 6.45) is 3.13. The number of carbonyl (C=O) groups excluding carboxylic acids is 1. The standard InChI is InChI=1S/C22H20N4O2/c1-15(16-6-4-3-5-7-16)25-22(27)18(13-23)12-19-14-24-26-21(19)17-8-10-20(28-2)11-9-17/h3-12,14-15H,1-2H3,(H,24,26)(H,25,27)/b18-12-. The molecule has 0 saturated heterocycles. The van der Waals surface area contributed by atoms with Crippen molar-refractivity contribution < 1.29 is 9.53 Å². The third kappa shape index (κ3) is 4.27. The van der Waals surface area contributed by atoms with Crippen LogP contribution in [0.1, 0.15) is 24.1 Å². The summed E-state index contributed by atoms with van der Waals surface area (Å²) in [5, 5.41) is 19.3. The number of methoxy groups -OCH3 is 1. The van der Waals surface area contributed by atoms with Crippen molar-refractivity contribution in [1.29, 1.82) is 5.26 Å². The van der Waals surface area contributed by atoms with E-state index in [1.165, 1.54) is 6.08 Å². The van der Waals surface area contributed by atoms with Crippen LogP contribution in [-0.2, 0) is 4.79 Å². The molecular formula is C22H20N4O2. The molecule has 0 aliphatic carbocycles. The first-order valence-corrected chi connectivity index (χ1v) is 8.77. The summed E-state index contributed by atoms with van der Waals surface area (Å²) < 4.78 is 5.17. The fourth-order valence-electron chi connectivity index (χ4n) is 2.80. The normalized spacial score (nSPS) is 12.1. The van der Waals surface area contributed by atoms with Crippen LogP contribution in [-0.4, -0.2) is 23.2 Å². The summed E-state index contributed by atoms with van der Waals surface area (Å²) >= 11 is 0. The Kier molecular flexibility index (Phi) is 5.87. The maximum absolute atomic E-state index is 12.6. The van der Waals surface area contributed by atoms with Crippen molar-refractivity contribution in [3.05, 3.63) is 77.5 Å². The average molecular weight is 372 g/mol. The summed E-state index contributed by atoms with van der Waals surface area (Å²) in [6.45, 7) is 1.88. The number of aromatic nitrogens is 2. The molecule has 2 N–H and O–H groups in total. The van der Waals surface area contributed by atoms with Gasteiger partial charge in [0, 0.05) is 11.1 Å². The Morgan fingerprint density at radius 3 is 2.57 bits per heavy atom. The second-order valence-electron chi connectivity index (χ2n) is 6.20. The molecule has 1 unspecified atom stereocenters. The Hall–Kier alpha value is -3.85. The van der Waals surface area contributed by atoms with Crippen molar-refractivity contribution in [3.8, 4) is 23.1 Å². The molecule has 1 aromatic heterocycles. The minimum Gasteiger partial charge on any atom is -0.497 e. The van der Waals surface area contributed by atoms with Gasteiger partial charge in [0.05, 0.1) is 25.0 Å². The highest BCUT2D eigenvalue weighted by Gasteiger charge is 2.15. The third-order valence-corrected chi connectivity index (χ3v) is 4.36. The van der Waals surface area contributed by atoms with Gasteiger partial charge in [-0.15, -0.1) is 0 Å². The molecule has 6 nitrogen and oxygen atoms in total. The van der Waals surface area contributed by atoms with Crippen LogP contribution in [0, 0.1) is 11.3 Å². The van der Waals surface area contributed by atoms with E-state index in [1.54, 1.807) is 13.3 Å². The average Bonchev–Trinajstić information content (AvgIpc) is 3.20. The Morgan fingerprint density at radius 2 is 1.93 bits per heavy atom. The SMILES string of the molecule is COc1ccc(-c2[nH]ncc2/C=C(/C#N)C(=O)NC(C)c2ccccc2)cc1. The van der Waals surface area contributed by atoms with E-state index in [1.807, 2.05) is 67.6 Å². The van der Waals surface area contributed by atoms with Crippen LogP contribution >= 0.6 is 0 Å². The van der Waals surface area contributed by atoms with Gasteiger partial charge < -0.3 is 10.1 Å². The fraction of sp³-hybridized carbons (Fsp3) is 0.136. The van der Waals surface area contributed by atoms with E-state index in [2.05, 4.69) is 15.5 Å². The molecule has 0 spiro atoms. The zero-order valence-electron chi connectivity index (χ0n) is 15.6. The maximum Gasteiger partial charge on any atom is 0.262 e. The van der Waals surface area contributed by atoms with Crippen molar-refractivity contribution in [2.45, 2.75) is 13.0 Å². The lowest BCUT2D eigenvalue weighted by Crippen LogP contribution is -2.27. The van der Waals surface area contributed by atoms with E-state index in [0.717, 1.165) is 22.6 Å². The van der Waals surface area contributed by atoms with Crippen molar-refractivity contribution in [3.63, 3.8) is 0 Å². The molecule has 6 heteroatoms. The molecule has 2 aromatic carbocycles. The summed E-state index contributed by atoms with van der Waals surface area (Å²) in [5.74, 6) is 0.313. The number of H-pyrrole nitrogens is 1. The first kappa shape index (κ1) is 18.9. The van der Waals surface area contributed by atoms with Gasteiger partial charge in [0.25, 0.3) is 5.91 Å². The number of hydrogen-bond donors (Lipinski definition) is 2. The number of carbonyl (C=O) groups is 1. The molecule has 0 aliphatic rings. The van der Waals surface area contributed by atoms with Crippen LogP contribution in [0.3, 0.4) is 0 Å². The van der Waals surface area contributed by atoms with E-state index in [9.17, 15) is 10.1 Å². The number of nitriles is 1. The van der Waals surface area contributed by atoms with Crippen molar-refractivity contribution in [2.75, 3.05) is 7.11 Å². The van der Waals surface area contributed by atoms with Gasteiger partial charge in [0.15, 0.2) is 0 Å². The maximum atomic E-state index is 12.6. The second-order valence-corrected chi connectivity index (χ2v) is 6.20. The monoisotopic (exact) mass is 372 g/mol. The summed E-state index contributed by atoms with van der Waals surface area (Å²) in [7, 11) is 1.60. The van der Waals surface area contributed by atoms with Gasteiger partial charge in [0.1, 0.15) is 17.4 Å². The lowest BCUT2D eigenvalue weighted by Gasteiger charge is -2.13. The van der Waals surface area contributed by atoms with Crippen LogP contribution < -0.4 is 10.1 Å². The molecule has 3 rings (SSSR count). The van der Waals surface area contributed by atoms with Gasteiger partial charge in [-0.05, 0) is 42.8 Å². The van der Waals surface area contributed by atoms with E-state index in [-0.39, 0.29) is 11.6 Å². The van der Waals surface area contributed by atoms with Gasteiger partial charge in [-0.3, -0.25) is 9.89 Å². The van der Waals surface area contributed by atoms with Crippen LogP contribution in [0.15, 0.2) is 66.4 Å². The quantitative estimate of drug-likeness (QED) is 0.508. The molecule has 0 aliphatic heterocycles. The molecule has 1 heterocycles. The van der Waals surface area contributed by atoms with Crippen LogP contribution in [0.25, 0.3) is 17.3 Å². The number of amides is 1. The molecule has 140 valence electrons. The van der Waals surface area contributed by atoms with Crippen LogP contribution in [0.2, 0.25) is 0 Å². The van der Waals surface area contributed by atoms with Gasteiger partial charge >= 0.3 is 0 Å². The first-order chi connectivity index (χ1) is 13.6. The molecular weight excluding hydrogens is 352 g/mol. The van der Waals surface area contributed by atoms with Gasteiger partial charge in [-0.1, -0.05) is 30.3 Å².